The third-order valence-corrected chi connectivity index (χ3v) is 5.30. The summed E-state index contributed by atoms with van der Waals surface area (Å²) in [5, 5.41) is 3.97. The molecule has 0 bridgehead atoms. The van der Waals surface area contributed by atoms with Gasteiger partial charge in [0.1, 0.15) is 13.2 Å². The Morgan fingerprint density at radius 2 is 2.00 bits per heavy atom. The fourth-order valence-corrected chi connectivity index (χ4v) is 3.61. The molecule has 2 aromatic carbocycles. The van der Waals surface area contributed by atoms with Gasteiger partial charge in [0.2, 0.25) is 0 Å². The van der Waals surface area contributed by atoms with Crippen LogP contribution >= 0.6 is 23.4 Å². The molecule has 2 heterocycles. The second-order valence-electron chi connectivity index (χ2n) is 5.77. The second-order valence-corrected chi connectivity index (χ2v) is 7.21. The van der Waals surface area contributed by atoms with Gasteiger partial charge in [0.05, 0.1) is 10.6 Å². The van der Waals surface area contributed by atoms with E-state index in [1.54, 1.807) is 0 Å². The van der Waals surface area contributed by atoms with Gasteiger partial charge >= 0.3 is 0 Å². The number of amidine groups is 1. The summed E-state index contributed by atoms with van der Waals surface area (Å²) in [6, 6.07) is 11.1. The van der Waals surface area contributed by atoms with Crippen molar-refractivity contribution in [2.45, 2.75) is 6.92 Å². The van der Waals surface area contributed by atoms with Crippen molar-refractivity contribution in [3.05, 3.63) is 57.5 Å². The molecule has 1 saturated heterocycles. The molecule has 0 saturated carbocycles. The van der Waals surface area contributed by atoms with Crippen molar-refractivity contribution in [3.63, 3.8) is 0 Å². The zero-order chi connectivity index (χ0) is 18.1. The zero-order valence-electron chi connectivity index (χ0n) is 13.9. The monoisotopic (exact) mass is 386 g/mol. The minimum absolute atomic E-state index is 0.177. The molecule has 0 aromatic heterocycles. The van der Waals surface area contributed by atoms with Crippen LogP contribution in [0.15, 0.2) is 46.3 Å². The van der Waals surface area contributed by atoms with Crippen LogP contribution in [0, 0.1) is 6.92 Å². The van der Waals surface area contributed by atoms with Crippen molar-refractivity contribution in [2.75, 3.05) is 13.2 Å². The number of benzene rings is 2. The number of fused-ring (bicyclic) bond motifs is 1. The van der Waals surface area contributed by atoms with Gasteiger partial charge in [0, 0.05) is 5.02 Å². The van der Waals surface area contributed by atoms with Gasteiger partial charge in [-0.05, 0) is 60.2 Å². The number of hydrogen-bond acceptors (Lipinski definition) is 5. The van der Waals surface area contributed by atoms with Gasteiger partial charge < -0.3 is 14.8 Å². The molecule has 1 N–H and O–H groups in total. The Balaban J connectivity index is 1.59. The van der Waals surface area contributed by atoms with E-state index < -0.39 is 0 Å². The van der Waals surface area contributed by atoms with Gasteiger partial charge in [0.15, 0.2) is 16.7 Å². The molecule has 5 nitrogen and oxygen atoms in total. The van der Waals surface area contributed by atoms with E-state index in [0.717, 1.165) is 22.6 Å². The van der Waals surface area contributed by atoms with E-state index in [2.05, 4.69) is 10.3 Å². The maximum atomic E-state index is 12.3. The molecule has 2 aliphatic heterocycles. The van der Waals surface area contributed by atoms with Crippen LogP contribution in [-0.4, -0.2) is 24.3 Å². The Hall–Kier alpha value is -2.44. The number of rotatable bonds is 2. The van der Waals surface area contributed by atoms with Crippen LogP contribution in [-0.2, 0) is 4.79 Å². The summed E-state index contributed by atoms with van der Waals surface area (Å²) in [5.74, 6) is 1.24. The van der Waals surface area contributed by atoms with E-state index in [0.29, 0.717) is 34.1 Å². The predicted molar refractivity (Wildman–Crippen MR) is 104 cm³/mol. The van der Waals surface area contributed by atoms with Crippen molar-refractivity contribution in [1.29, 1.82) is 0 Å². The molecular weight excluding hydrogens is 372 g/mol. The second kappa shape index (κ2) is 7.05. The molecule has 0 radical (unpaired) electrons. The predicted octanol–water partition coefficient (Wildman–Crippen LogP) is 4.31. The quantitative estimate of drug-likeness (QED) is 0.781. The SMILES string of the molecule is Cc1c(Cl)cccc1N=C1NC(=O)/C(=C\c2ccc3c(c2)OCCO3)S1. The highest BCUT2D eigenvalue weighted by Crippen LogP contribution is 2.34. The van der Waals surface area contributed by atoms with E-state index in [4.69, 9.17) is 21.1 Å². The van der Waals surface area contributed by atoms with Crippen LogP contribution in [0.5, 0.6) is 11.5 Å². The number of carbonyl (C=O) groups is 1. The Morgan fingerprint density at radius 1 is 1.19 bits per heavy atom. The average molecular weight is 387 g/mol. The Labute approximate surface area is 160 Å². The van der Waals surface area contributed by atoms with Gasteiger partial charge in [-0.1, -0.05) is 23.7 Å². The molecule has 2 aliphatic rings. The Kier molecular flexibility index (Phi) is 4.61. The lowest BCUT2D eigenvalue weighted by Gasteiger charge is -2.18. The standard InChI is InChI=1S/C19H15ClN2O3S/c1-11-13(20)3-2-4-14(11)21-19-22-18(23)17(26-19)10-12-5-6-15-16(9-12)25-8-7-24-15/h2-6,9-10H,7-8H2,1H3,(H,21,22,23)/b17-10+. The molecule has 0 spiro atoms. The van der Waals surface area contributed by atoms with E-state index in [1.807, 2.05) is 49.4 Å². The van der Waals surface area contributed by atoms with Crippen molar-refractivity contribution in [2.24, 2.45) is 4.99 Å². The Morgan fingerprint density at radius 3 is 2.85 bits per heavy atom. The molecule has 7 heteroatoms. The molecule has 26 heavy (non-hydrogen) atoms. The van der Waals surface area contributed by atoms with E-state index in [-0.39, 0.29) is 5.91 Å². The summed E-state index contributed by atoms with van der Waals surface area (Å²) < 4.78 is 11.1. The first-order valence-electron chi connectivity index (χ1n) is 8.04. The molecule has 132 valence electrons. The fourth-order valence-electron chi connectivity index (χ4n) is 2.61. The van der Waals surface area contributed by atoms with Crippen LogP contribution in [0.1, 0.15) is 11.1 Å². The van der Waals surface area contributed by atoms with Crippen LogP contribution in [0.2, 0.25) is 5.02 Å². The summed E-state index contributed by atoms with van der Waals surface area (Å²) >= 11 is 7.42. The van der Waals surface area contributed by atoms with Gasteiger partial charge in [-0.2, -0.15) is 0 Å². The number of aliphatic imine (C=N–C) groups is 1. The van der Waals surface area contributed by atoms with Crippen LogP contribution in [0.3, 0.4) is 0 Å². The normalized spacial score (nSPS) is 19.1. The number of carbonyl (C=O) groups excluding carboxylic acids is 1. The highest BCUT2D eigenvalue weighted by atomic mass is 35.5. The van der Waals surface area contributed by atoms with Gasteiger partial charge in [0.25, 0.3) is 5.91 Å². The number of nitrogens with one attached hydrogen (secondary N) is 1. The third-order valence-electron chi connectivity index (χ3n) is 3.98. The molecule has 1 fully saturated rings. The lowest BCUT2D eigenvalue weighted by atomic mass is 10.2. The fraction of sp³-hybridized carbons (Fsp3) is 0.158. The molecule has 0 unspecified atom stereocenters. The molecule has 1 amide bonds. The van der Waals surface area contributed by atoms with Gasteiger partial charge in [-0.25, -0.2) is 4.99 Å². The first kappa shape index (κ1) is 17.0. The van der Waals surface area contributed by atoms with Crippen LogP contribution in [0.25, 0.3) is 6.08 Å². The zero-order valence-corrected chi connectivity index (χ0v) is 15.5. The molecule has 4 rings (SSSR count). The molecule has 0 aliphatic carbocycles. The lowest BCUT2D eigenvalue weighted by Crippen LogP contribution is -2.19. The van der Waals surface area contributed by atoms with Crippen LogP contribution < -0.4 is 14.8 Å². The molecular formula is C19H15ClN2O3S. The maximum absolute atomic E-state index is 12.3. The summed E-state index contributed by atoms with van der Waals surface area (Å²) in [6.07, 6.45) is 1.81. The van der Waals surface area contributed by atoms with Gasteiger partial charge in [-0.15, -0.1) is 0 Å². The average Bonchev–Trinajstić information content (AvgIpc) is 2.98. The van der Waals surface area contributed by atoms with Crippen LogP contribution in [0.4, 0.5) is 5.69 Å². The number of ether oxygens (including phenoxy) is 2. The number of hydrogen-bond donors (Lipinski definition) is 1. The number of halogens is 1. The van der Waals surface area contributed by atoms with E-state index in [9.17, 15) is 4.79 Å². The number of thioether (sulfide) groups is 1. The van der Waals surface area contributed by atoms with Crippen molar-refractivity contribution >= 4 is 46.2 Å². The van der Waals surface area contributed by atoms with Crippen molar-refractivity contribution in [1.82, 2.24) is 5.32 Å². The van der Waals surface area contributed by atoms with E-state index in [1.165, 1.54) is 11.8 Å². The first-order chi connectivity index (χ1) is 12.6. The molecule has 0 atom stereocenters. The largest absolute Gasteiger partial charge is 0.486 e. The third kappa shape index (κ3) is 3.43. The summed E-state index contributed by atoms with van der Waals surface area (Å²) in [5.41, 5.74) is 2.48. The Bertz CT molecular complexity index is 956. The summed E-state index contributed by atoms with van der Waals surface area (Å²) in [7, 11) is 0. The maximum Gasteiger partial charge on any atom is 0.264 e. The minimum Gasteiger partial charge on any atom is -0.486 e. The van der Waals surface area contributed by atoms with Gasteiger partial charge in [-0.3, -0.25) is 4.79 Å². The lowest BCUT2D eigenvalue weighted by molar-refractivity contribution is -0.115. The minimum atomic E-state index is -0.177. The summed E-state index contributed by atoms with van der Waals surface area (Å²) in [4.78, 5) is 17.3. The van der Waals surface area contributed by atoms with E-state index >= 15 is 0 Å². The highest BCUT2D eigenvalue weighted by molar-refractivity contribution is 8.18. The first-order valence-corrected chi connectivity index (χ1v) is 9.24. The smallest absolute Gasteiger partial charge is 0.264 e. The van der Waals surface area contributed by atoms with Crippen molar-refractivity contribution < 1.29 is 14.3 Å². The highest BCUT2D eigenvalue weighted by Gasteiger charge is 2.24. The molecule has 2 aromatic rings. The number of nitrogens with zero attached hydrogens (tertiary/aromatic N) is 1. The summed E-state index contributed by atoms with van der Waals surface area (Å²) in [6.45, 7) is 2.97. The van der Waals surface area contributed by atoms with Crippen molar-refractivity contribution in [3.8, 4) is 11.5 Å². The topological polar surface area (TPSA) is 59.9 Å². The number of amides is 1.